The van der Waals surface area contributed by atoms with Crippen LogP contribution >= 0.6 is 0 Å². The van der Waals surface area contributed by atoms with Crippen LogP contribution in [0.15, 0.2) is 30.3 Å². The molecule has 0 aliphatic rings. The van der Waals surface area contributed by atoms with Crippen LogP contribution in [0.4, 0.5) is 0 Å². The van der Waals surface area contributed by atoms with E-state index in [0.717, 1.165) is 24.8 Å². The molecule has 1 aromatic rings. The highest BCUT2D eigenvalue weighted by Crippen LogP contribution is 2.20. The fourth-order valence-electron chi connectivity index (χ4n) is 1.79. The molecule has 1 heteroatoms. The molecule has 90 valence electrons. The van der Waals surface area contributed by atoms with Crippen molar-refractivity contribution < 1.29 is 5.11 Å². The summed E-state index contributed by atoms with van der Waals surface area (Å²) in [6, 6.07) is 8.24. The maximum absolute atomic E-state index is 8.63. The molecule has 1 aromatic carbocycles. The Morgan fingerprint density at radius 2 is 1.94 bits per heavy atom. The molecular weight excluding hydrogens is 208 g/mol. The maximum atomic E-state index is 8.63. The lowest BCUT2D eigenvalue weighted by Gasteiger charge is -2.06. The van der Waals surface area contributed by atoms with E-state index in [-0.39, 0.29) is 6.61 Å². The maximum Gasteiger partial charge on any atom is 0.104 e. The van der Waals surface area contributed by atoms with Crippen molar-refractivity contribution in [1.82, 2.24) is 0 Å². The van der Waals surface area contributed by atoms with E-state index >= 15 is 0 Å². The summed E-state index contributed by atoms with van der Waals surface area (Å²) in [5.74, 6) is 5.56. The molecule has 1 N–H and O–H groups in total. The van der Waals surface area contributed by atoms with Gasteiger partial charge in [-0.1, -0.05) is 50.3 Å². The summed E-state index contributed by atoms with van der Waals surface area (Å²) in [4.78, 5) is 0. The molecule has 0 heterocycles. The third-order valence-electron chi connectivity index (χ3n) is 2.54. The van der Waals surface area contributed by atoms with Gasteiger partial charge in [0.15, 0.2) is 0 Å². The van der Waals surface area contributed by atoms with Gasteiger partial charge in [-0.25, -0.2) is 0 Å². The zero-order valence-corrected chi connectivity index (χ0v) is 10.7. The van der Waals surface area contributed by atoms with Crippen molar-refractivity contribution in [3.05, 3.63) is 41.5 Å². The Kier molecular flexibility index (Phi) is 6.14. The molecule has 1 nitrogen and oxygen atoms in total. The lowest BCUT2D eigenvalue weighted by molar-refractivity contribution is 0.350. The molecule has 0 bridgehead atoms. The smallest absolute Gasteiger partial charge is 0.104 e. The van der Waals surface area contributed by atoms with E-state index in [4.69, 9.17) is 5.11 Å². The molecule has 0 aliphatic heterocycles. The highest BCUT2D eigenvalue weighted by molar-refractivity contribution is 5.66. The first-order valence-corrected chi connectivity index (χ1v) is 6.21. The number of hydrogen-bond acceptors (Lipinski definition) is 1. The minimum atomic E-state index is -0.0847. The van der Waals surface area contributed by atoms with Crippen LogP contribution < -0.4 is 0 Å². The third-order valence-corrected chi connectivity index (χ3v) is 2.54. The molecule has 0 spiro atoms. The Bertz CT molecular complexity index is 415. The molecule has 0 fully saturated rings. The van der Waals surface area contributed by atoms with Crippen molar-refractivity contribution in [2.45, 2.75) is 33.1 Å². The van der Waals surface area contributed by atoms with Crippen LogP contribution in [-0.4, -0.2) is 11.7 Å². The number of hydrogen-bond donors (Lipinski definition) is 1. The van der Waals surface area contributed by atoms with Gasteiger partial charge in [-0.15, -0.1) is 0 Å². The van der Waals surface area contributed by atoms with E-state index in [2.05, 4.69) is 43.9 Å². The lowest BCUT2D eigenvalue weighted by Crippen LogP contribution is -1.85. The molecule has 0 unspecified atom stereocenters. The van der Waals surface area contributed by atoms with Crippen LogP contribution in [0.1, 0.15) is 44.2 Å². The fourth-order valence-corrected chi connectivity index (χ4v) is 1.79. The average molecular weight is 228 g/mol. The normalized spacial score (nSPS) is 10.9. The minimum Gasteiger partial charge on any atom is -0.384 e. The van der Waals surface area contributed by atoms with E-state index in [1.165, 1.54) is 11.1 Å². The number of benzene rings is 1. The Labute approximate surface area is 104 Å². The molecule has 0 saturated carbocycles. The summed E-state index contributed by atoms with van der Waals surface area (Å²) in [6.45, 7) is 4.28. The first-order valence-electron chi connectivity index (χ1n) is 6.21. The molecular formula is C16H20O. The van der Waals surface area contributed by atoms with Gasteiger partial charge in [0.1, 0.15) is 6.61 Å². The van der Waals surface area contributed by atoms with Gasteiger partial charge in [-0.3, -0.25) is 0 Å². The Hall–Kier alpha value is -1.52. The second kappa shape index (κ2) is 7.70. The summed E-state index contributed by atoms with van der Waals surface area (Å²) >= 11 is 0. The monoisotopic (exact) mass is 228 g/mol. The first-order chi connectivity index (χ1) is 8.31. The van der Waals surface area contributed by atoms with Crippen LogP contribution in [-0.2, 0) is 0 Å². The number of aliphatic hydroxyl groups excluding tert-OH is 1. The molecule has 0 amide bonds. The van der Waals surface area contributed by atoms with Gasteiger partial charge in [0.05, 0.1) is 0 Å². The number of allylic oxidation sites excluding steroid dienone is 2. The van der Waals surface area contributed by atoms with Crippen LogP contribution in [0.25, 0.3) is 5.57 Å². The van der Waals surface area contributed by atoms with Crippen LogP contribution in [0.3, 0.4) is 0 Å². The first kappa shape index (κ1) is 13.5. The zero-order chi connectivity index (χ0) is 12.5. The van der Waals surface area contributed by atoms with Crippen molar-refractivity contribution in [1.29, 1.82) is 0 Å². The summed E-state index contributed by atoms with van der Waals surface area (Å²) in [5.41, 5.74) is 3.65. The van der Waals surface area contributed by atoms with Crippen molar-refractivity contribution in [3.8, 4) is 11.8 Å². The highest BCUT2D eigenvalue weighted by Gasteiger charge is 1.99. The third kappa shape index (κ3) is 4.46. The van der Waals surface area contributed by atoms with Crippen LogP contribution in [0.5, 0.6) is 0 Å². The molecule has 17 heavy (non-hydrogen) atoms. The highest BCUT2D eigenvalue weighted by atomic mass is 16.2. The van der Waals surface area contributed by atoms with Gasteiger partial charge in [0, 0.05) is 5.56 Å². The zero-order valence-electron chi connectivity index (χ0n) is 10.7. The van der Waals surface area contributed by atoms with E-state index < -0.39 is 0 Å². The van der Waals surface area contributed by atoms with Gasteiger partial charge < -0.3 is 5.11 Å². The molecule has 0 aromatic heterocycles. The Balaban J connectivity index is 2.88. The minimum absolute atomic E-state index is 0.0847. The van der Waals surface area contributed by atoms with Gasteiger partial charge in [0.25, 0.3) is 0 Å². The van der Waals surface area contributed by atoms with E-state index in [1.807, 2.05) is 12.1 Å². The second-order valence-electron chi connectivity index (χ2n) is 3.92. The molecule has 0 atom stereocenters. The van der Waals surface area contributed by atoms with Crippen LogP contribution in [0.2, 0.25) is 0 Å². The summed E-state index contributed by atoms with van der Waals surface area (Å²) in [5, 5.41) is 8.63. The van der Waals surface area contributed by atoms with Crippen LogP contribution in [0, 0.1) is 11.8 Å². The summed E-state index contributed by atoms with van der Waals surface area (Å²) < 4.78 is 0. The molecule has 0 saturated heterocycles. The molecule has 1 rings (SSSR count). The Morgan fingerprint density at radius 3 is 2.47 bits per heavy atom. The van der Waals surface area contributed by atoms with Crippen molar-refractivity contribution in [3.63, 3.8) is 0 Å². The van der Waals surface area contributed by atoms with Gasteiger partial charge in [0.2, 0.25) is 0 Å². The molecule has 0 aliphatic carbocycles. The van der Waals surface area contributed by atoms with Crippen molar-refractivity contribution in [2.75, 3.05) is 6.61 Å². The molecule has 0 radical (unpaired) electrons. The predicted octanol–water partition coefficient (Wildman–Crippen LogP) is 3.62. The fraction of sp³-hybridized carbons (Fsp3) is 0.375. The topological polar surface area (TPSA) is 20.2 Å². The SMILES string of the molecule is CC/C=C(\CCC)c1ccc(C#CCO)cc1. The van der Waals surface area contributed by atoms with Crippen molar-refractivity contribution >= 4 is 5.57 Å². The van der Waals surface area contributed by atoms with E-state index in [1.54, 1.807) is 0 Å². The number of rotatable bonds is 4. The second-order valence-corrected chi connectivity index (χ2v) is 3.92. The van der Waals surface area contributed by atoms with Crippen molar-refractivity contribution in [2.24, 2.45) is 0 Å². The van der Waals surface area contributed by atoms with E-state index in [9.17, 15) is 0 Å². The summed E-state index contributed by atoms with van der Waals surface area (Å²) in [7, 11) is 0. The standard InChI is InChI=1S/C16H20O/c1-3-6-15(7-4-2)16-11-9-14(10-12-16)8-5-13-17/h6,9-12,17H,3-4,7,13H2,1-2H3/b15-6+. The lowest BCUT2D eigenvalue weighted by atomic mass is 9.99. The largest absolute Gasteiger partial charge is 0.384 e. The van der Waals surface area contributed by atoms with Gasteiger partial charge in [-0.05, 0) is 36.1 Å². The average Bonchev–Trinajstić information content (AvgIpc) is 2.37. The summed E-state index contributed by atoms with van der Waals surface area (Å²) in [6.07, 6.45) is 5.65. The Morgan fingerprint density at radius 1 is 1.24 bits per heavy atom. The van der Waals surface area contributed by atoms with Gasteiger partial charge in [-0.2, -0.15) is 0 Å². The van der Waals surface area contributed by atoms with E-state index in [0.29, 0.717) is 0 Å². The number of aliphatic hydroxyl groups is 1. The predicted molar refractivity (Wildman–Crippen MR) is 73.6 cm³/mol. The quantitative estimate of drug-likeness (QED) is 0.780. The van der Waals surface area contributed by atoms with Gasteiger partial charge >= 0.3 is 0 Å².